The molecule has 0 bridgehead atoms. The lowest BCUT2D eigenvalue weighted by Gasteiger charge is -2.04. The van der Waals surface area contributed by atoms with Crippen LogP contribution in [0.25, 0.3) is 11.5 Å². The molecule has 0 aliphatic rings. The van der Waals surface area contributed by atoms with Crippen molar-refractivity contribution in [2.45, 2.75) is 0 Å². The molecule has 15 heavy (non-hydrogen) atoms. The Bertz CT molecular complexity index is 429. The van der Waals surface area contributed by atoms with E-state index in [9.17, 15) is 0 Å². The predicted molar refractivity (Wildman–Crippen MR) is 57.9 cm³/mol. The van der Waals surface area contributed by atoms with E-state index >= 15 is 0 Å². The van der Waals surface area contributed by atoms with Gasteiger partial charge in [-0.1, -0.05) is 6.07 Å². The fourth-order valence-electron chi connectivity index (χ4n) is 1.19. The van der Waals surface area contributed by atoms with Crippen LogP contribution in [0.4, 0.5) is 5.82 Å². The molecule has 2 rings (SSSR count). The summed E-state index contributed by atoms with van der Waals surface area (Å²) in [5, 5.41) is 0. The number of hydrazine groups is 1. The summed E-state index contributed by atoms with van der Waals surface area (Å²) in [5.41, 5.74) is 6.46. The Morgan fingerprint density at radius 2 is 1.87 bits per heavy atom. The van der Waals surface area contributed by atoms with Crippen LogP contribution in [0, 0.1) is 0 Å². The summed E-state index contributed by atoms with van der Waals surface area (Å²) in [6.07, 6.45) is 3.39. The van der Waals surface area contributed by atoms with E-state index in [1.54, 1.807) is 25.5 Å². The topological polar surface area (TPSA) is 62.7 Å². The number of nitrogens with zero attached hydrogens (tertiary/aromatic N) is 3. The van der Waals surface area contributed by atoms with Gasteiger partial charge in [-0.05, 0) is 18.2 Å². The van der Waals surface area contributed by atoms with Crippen LogP contribution in [0.1, 0.15) is 0 Å². The van der Waals surface area contributed by atoms with Crippen LogP contribution in [0.3, 0.4) is 0 Å². The second-order valence-corrected chi connectivity index (χ2v) is 2.86. The molecule has 5 heteroatoms. The van der Waals surface area contributed by atoms with Crippen molar-refractivity contribution in [1.29, 1.82) is 0 Å². The quantitative estimate of drug-likeness (QED) is 0.728. The molecule has 0 aliphatic carbocycles. The maximum absolute atomic E-state index is 4.33. The van der Waals surface area contributed by atoms with Crippen molar-refractivity contribution >= 4 is 5.82 Å². The Labute approximate surface area is 87.6 Å². The van der Waals surface area contributed by atoms with Gasteiger partial charge in [0, 0.05) is 19.4 Å². The molecular weight excluding hydrogens is 190 g/mol. The van der Waals surface area contributed by atoms with E-state index in [4.69, 9.17) is 0 Å². The van der Waals surface area contributed by atoms with Gasteiger partial charge in [0.25, 0.3) is 0 Å². The molecule has 0 amide bonds. The Kier molecular flexibility index (Phi) is 2.85. The molecule has 2 N–H and O–H groups in total. The van der Waals surface area contributed by atoms with E-state index in [0.717, 1.165) is 11.5 Å². The fourth-order valence-corrected chi connectivity index (χ4v) is 1.19. The first-order valence-corrected chi connectivity index (χ1v) is 4.57. The molecule has 0 aliphatic heterocycles. The molecule has 2 aromatic heterocycles. The second kappa shape index (κ2) is 4.47. The summed E-state index contributed by atoms with van der Waals surface area (Å²) in [6.45, 7) is 0. The van der Waals surface area contributed by atoms with Crippen LogP contribution in [-0.2, 0) is 0 Å². The van der Waals surface area contributed by atoms with Gasteiger partial charge in [-0.15, -0.1) is 0 Å². The average Bonchev–Trinajstić information content (AvgIpc) is 2.31. The van der Waals surface area contributed by atoms with Gasteiger partial charge >= 0.3 is 0 Å². The molecule has 0 fully saturated rings. The normalized spacial score (nSPS) is 9.93. The molecule has 0 unspecified atom stereocenters. The molecule has 0 spiro atoms. The minimum absolute atomic E-state index is 0.622. The maximum atomic E-state index is 4.33. The van der Waals surface area contributed by atoms with Crippen molar-refractivity contribution in [1.82, 2.24) is 20.4 Å². The Morgan fingerprint density at radius 1 is 1.07 bits per heavy atom. The van der Waals surface area contributed by atoms with Crippen LogP contribution < -0.4 is 10.9 Å². The summed E-state index contributed by atoms with van der Waals surface area (Å²) in [4.78, 5) is 12.6. The highest BCUT2D eigenvalue weighted by molar-refractivity contribution is 5.52. The van der Waals surface area contributed by atoms with Gasteiger partial charge in [0.1, 0.15) is 11.5 Å². The van der Waals surface area contributed by atoms with Crippen LogP contribution in [0.2, 0.25) is 0 Å². The van der Waals surface area contributed by atoms with Gasteiger partial charge in [0.05, 0.1) is 0 Å². The molecule has 0 saturated heterocycles. The molecule has 5 nitrogen and oxygen atoms in total. The van der Waals surface area contributed by atoms with Gasteiger partial charge < -0.3 is 5.43 Å². The minimum Gasteiger partial charge on any atom is -0.306 e. The third-order valence-electron chi connectivity index (χ3n) is 1.80. The number of hydrogen-bond donors (Lipinski definition) is 2. The third-order valence-corrected chi connectivity index (χ3v) is 1.80. The number of pyridine rings is 1. The lowest BCUT2D eigenvalue weighted by molar-refractivity contribution is 0.964. The average molecular weight is 201 g/mol. The van der Waals surface area contributed by atoms with Crippen molar-refractivity contribution in [3.05, 3.63) is 36.7 Å². The zero-order valence-electron chi connectivity index (χ0n) is 8.31. The van der Waals surface area contributed by atoms with Crippen molar-refractivity contribution in [3.8, 4) is 11.5 Å². The van der Waals surface area contributed by atoms with Crippen molar-refractivity contribution < 1.29 is 0 Å². The lowest BCUT2D eigenvalue weighted by atomic mass is 10.3. The highest BCUT2D eigenvalue weighted by Crippen LogP contribution is 2.12. The number of rotatable bonds is 3. The fraction of sp³-hybridized carbons (Fsp3) is 0.100. The minimum atomic E-state index is 0.622. The monoisotopic (exact) mass is 201 g/mol. The highest BCUT2D eigenvalue weighted by atomic mass is 15.4. The van der Waals surface area contributed by atoms with Crippen LogP contribution in [-0.4, -0.2) is 22.0 Å². The van der Waals surface area contributed by atoms with Gasteiger partial charge in [0.2, 0.25) is 0 Å². The third kappa shape index (κ3) is 2.26. The first-order chi connectivity index (χ1) is 7.40. The number of nitrogens with one attached hydrogen (secondary N) is 2. The molecular formula is C10H11N5. The Morgan fingerprint density at radius 3 is 2.60 bits per heavy atom. The van der Waals surface area contributed by atoms with Gasteiger partial charge in [-0.2, -0.15) is 0 Å². The van der Waals surface area contributed by atoms with Gasteiger partial charge in [0.15, 0.2) is 5.82 Å². The van der Waals surface area contributed by atoms with E-state index in [-0.39, 0.29) is 0 Å². The van der Waals surface area contributed by atoms with Crippen molar-refractivity contribution in [2.24, 2.45) is 0 Å². The molecule has 0 saturated carbocycles. The molecule has 2 aromatic rings. The van der Waals surface area contributed by atoms with E-state index in [1.165, 1.54) is 0 Å². The smallest absolute Gasteiger partial charge is 0.178 e. The first-order valence-electron chi connectivity index (χ1n) is 4.57. The molecule has 2 heterocycles. The first kappa shape index (κ1) is 9.54. The summed E-state index contributed by atoms with van der Waals surface area (Å²) in [6, 6.07) is 7.41. The number of hydrogen-bond acceptors (Lipinski definition) is 5. The number of anilines is 1. The Balaban J connectivity index is 2.33. The largest absolute Gasteiger partial charge is 0.306 e. The standard InChI is InChI=1S/C10H11N5/c1-11-15-9-5-2-4-8(14-9)10-12-6-3-7-13-10/h2-7,11H,1H3,(H,14,15). The van der Waals surface area contributed by atoms with E-state index in [0.29, 0.717) is 5.82 Å². The molecule has 0 radical (unpaired) electrons. The summed E-state index contributed by atoms with van der Waals surface area (Å²) in [5.74, 6) is 1.36. The SMILES string of the molecule is CNNc1cccc(-c2ncccn2)n1. The predicted octanol–water partition coefficient (Wildman–Crippen LogP) is 1.08. The molecule has 0 atom stereocenters. The molecule has 76 valence electrons. The number of aromatic nitrogens is 3. The zero-order valence-corrected chi connectivity index (χ0v) is 8.31. The van der Waals surface area contributed by atoms with Gasteiger partial charge in [-0.25, -0.2) is 20.4 Å². The van der Waals surface area contributed by atoms with Crippen LogP contribution in [0.15, 0.2) is 36.7 Å². The van der Waals surface area contributed by atoms with Crippen molar-refractivity contribution in [3.63, 3.8) is 0 Å². The zero-order chi connectivity index (χ0) is 10.5. The second-order valence-electron chi connectivity index (χ2n) is 2.86. The van der Waals surface area contributed by atoms with Crippen molar-refractivity contribution in [2.75, 3.05) is 12.5 Å². The summed E-state index contributed by atoms with van der Waals surface area (Å²) in [7, 11) is 1.79. The van der Waals surface area contributed by atoms with E-state index < -0.39 is 0 Å². The van der Waals surface area contributed by atoms with Crippen LogP contribution in [0.5, 0.6) is 0 Å². The Hall–Kier alpha value is -2.01. The van der Waals surface area contributed by atoms with Gasteiger partial charge in [-0.3, -0.25) is 0 Å². The lowest BCUT2D eigenvalue weighted by Crippen LogP contribution is -2.16. The van der Waals surface area contributed by atoms with E-state index in [1.807, 2.05) is 18.2 Å². The van der Waals surface area contributed by atoms with Crippen LogP contribution >= 0.6 is 0 Å². The highest BCUT2D eigenvalue weighted by Gasteiger charge is 2.01. The molecule has 0 aromatic carbocycles. The maximum Gasteiger partial charge on any atom is 0.178 e. The summed E-state index contributed by atoms with van der Waals surface area (Å²) >= 11 is 0. The summed E-state index contributed by atoms with van der Waals surface area (Å²) < 4.78 is 0. The van der Waals surface area contributed by atoms with E-state index in [2.05, 4.69) is 25.8 Å².